The van der Waals surface area contributed by atoms with Crippen molar-refractivity contribution in [2.24, 2.45) is 5.92 Å². The number of halogens is 1. The van der Waals surface area contributed by atoms with Gasteiger partial charge < -0.3 is 24.3 Å². The molecule has 0 N–H and O–H groups in total. The van der Waals surface area contributed by atoms with E-state index in [-0.39, 0.29) is 24.0 Å². The van der Waals surface area contributed by atoms with E-state index < -0.39 is 0 Å². The molecular formula is C26H31ClN4O3. The third kappa shape index (κ3) is 4.41. The first-order chi connectivity index (χ1) is 16.5. The van der Waals surface area contributed by atoms with Gasteiger partial charge in [0, 0.05) is 62.2 Å². The zero-order valence-corrected chi connectivity index (χ0v) is 20.3. The minimum atomic E-state index is -0.293. The number of ether oxygens (including phenoxy) is 1. The fraction of sp³-hybridized carbons (Fsp3) is 0.462. The molecule has 5 rings (SSSR count). The van der Waals surface area contributed by atoms with Gasteiger partial charge in [-0.2, -0.15) is 0 Å². The Hall–Kier alpha value is -2.93. The molecule has 3 aliphatic heterocycles. The molecule has 0 bridgehead atoms. The summed E-state index contributed by atoms with van der Waals surface area (Å²) in [5.74, 6) is 0.0603. The van der Waals surface area contributed by atoms with Crippen molar-refractivity contribution in [2.45, 2.75) is 19.4 Å². The van der Waals surface area contributed by atoms with Gasteiger partial charge in [0.2, 0.25) is 5.91 Å². The maximum Gasteiger partial charge on any atom is 0.409 e. The fourth-order valence-electron chi connectivity index (χ4n) is 5.49. The highest BCUT2D eigenvalue weighted by Gasteiger charge is 2.43. The molecule has 8 heteroatoms. The smallest absolute Gasteiger partial charge is 0.409 e. The topological polar surface area (TPSA) is 56.3 Å². The van der Waals surface area contributed by atoms with Crippen LogP contribution in [0.25, 0.3) is 0 Å². The maximum atomic E-state index is 13.8. The number of hydrogen-bond donors (Lipinski definition) is 0. The van der Waals surface area contributed by atoms with Gasteiger partial charge in [-0.15, -0.1) is 0 Å². The Balaban J connectivity index is 1.35. The lowest BCUT2D eigenvalue weighted by atomic mass is 9.82. The molecule has 0 aromatic heterocycles. The van der Waals surface area contributed by atoms with Gasteiger partial charge in [-0.05, 0) is 49.2 Å². The van der Waals surface area contributed by atoms with Crippen LogP contribution in [0, 0.1) is 5.92 Å². The van der Waals surface area contributed by atoms with E-state index in [0.29, 0.717) is 32.8 Å². The number of nitrogens with zero attached hydrogens (tertiary/aromatic N) is 4. The number of amides is 2. The van der Waals surface area contributed by atoms with E-state index in [1.165, 1.54) is 11.3 Å². The van der Waals surface area contributed by atoms with Crippen LogP contribution in [0.3, 0.4) is 0 Å². The number of anilines is 2. The lowest BCUT2D eigenvalue weighted by Gasteiger charge is -2.50. The first kappa shape index (κ1) is 22.8. The monoisotopic (exact) mass is 482 g/mol. The average molecular weight is 483 g/mol. The molecule has 0 radical (unpaired) electrons. The summed E-state index contributed by atoms with van der Waals surface area (Å²) in [4.78, 5) is 34.3. The summed E-state index contributed by atoms with van der Waals surface area (Å²) in [7, 11) is 0. The van der Waals surface area contributed by atoms with E-state index in [1.807, 2.05) is 24.0 Å². The fourth-order valence-corrected chi connectivity index (χ4v) is 5.61. The molecule has 2 atom stereocenters. The van der Waals surface area contributed by atoms with Crippen molar-refractivity contribution in [3.05, 3.63) is 59.1 Å². The molecule has 3 aliphatic rings. The molecule has 0 spiro atoms. The largest absolute Gasteiger partial charge is 0.450 e. The number of piperazine rings is 2. The van der Waals surface area contributed by atoms with Gasteiger partial charge in [0.1, 0.15) is 0 Å². The zero-order valence-electron chi connectivity index (χ0n) is 19.5. The van der Waals surface area contributed by atoms with Crippen LogP contribution in [0.1, 0.15) is 12.5 Å². The maximum absolute atomic E-state index is 13.8. The Morgan fingerprint density at radius 2 is 1.65 bits per heavy atom. The number of hydrogen-bond acceptors (Lipinski definition) is 5. The number of carbonyl (C=O) groups excluding carboxylic acids is 2. The van der Waals surface area contributed by atoms with Crippen LogP contribution in [0.2, 0.25) is 5.02 Å². The van der Waals surface area contributed by atoms with Crippen molar-refractivity contribution in [1.29, 1.82) is 0 Å². The van der Waals surface area contributed by atoms with Crippen molar-refractivity contribution in [2.75, 3.05) is 62.2 Å². The highest BCUT2D eigenvalue weighted by molar-refractivity contribution is 6.30. The van der Waals surface area contributed by atoms with E-state index in [4.69, 9.17) is 16.3 Å². The molecule has 0 saturated carbocycles. The van der Waals surface area contributed by atoms with Gasteiger partial charge >= 0.3 is 6.09 Å². The Labute approximate surface area is 205 Å². The Morgan fingerprint density at radius 1 is 0.941 bits per heavy atom. The zero-order chi connectivity index (χ0) is 23.7. The van der Waals surface area contributed by atoms with Crippen LogP contribution >= 0.6 is 11.6 Å². The van der Waals surface area contributed by atoms with Crippen LogP contribution in [0.5, 0.6) is 0 Å². The quantitative estimate of drug-likeness (QED) is 0.670. The second kappa shape index (κ2) is 9.74. The summed E-state index contributed by atoms with van der Waals surface area (Å²) in [5, 5.41) is 0.726. The van der Waals surface area contributed by atoms with Crippen molar-refractivity contribution < 1.29 is 14.3 Å². The van der Waals surface area contributed by atoms with E-state index in [2.05, 4.69) is 46.2 Å². The first-order valence-corrected chi connectivity index (χ1v) is 12.5. The summed E-state index contributed by atoms with van der Waals surface area (Å²) >= 11 is 6.11. The van der Waals surface area contributed by atoms with Crippen molar-refractivity contribution >= 4 is 35.0 Å². The molecule has 2 saturated heterocycles. The summed E-state index contributed by atoms with van der Waals surface area (Å²) in [5.41, 5.74) is 3.62. The van der Waals surface area contributed by atoms with Gasteiger partial charge in [-0.25, -0.2) is 4.79 Å². The summed E-state index contributed by atoms with van der Waals surface area (Å²) in [6.07, 6.45) is 0.446. The Morgan fingerprint density at radius 3 is 2.38 bits per heavy atom. The third-order valence-corrected chi connectivity index (χ3v) is 7.50. The number of carbonyl (C=O) groups is 2. The van der Waals surface area contributed by atoms with Crippen LogP contribution in [0.4, 0.5) is 16.2 Å². The Kier molecular flexibility index (Phi) is 6.55. The molecule has 0 aliphatic carbocycles. The Bertz CT molecular complexity index is 1040. The average Bonchev–Trinajstić information content (AvgIpc) is 2.88. The number of rotatable bonds is 3. The summed E-state index contributed by atoms with van der Waals surface area (Å²) in [6.45, 7) is 6.83. The summed E-state index contributed by atoms with van der Waals surface area (Å²) in [6, 6.07) is 16.5. The van der Waals surface area contributed by atoms with Gasteiger partial charge in [0.05, 0.1) is 18.6 Å². The molecule has 2 unspecified atom stereocenters. The molecule has 2 aromatic carbocycles. The minimum absolute atomic E-state index is 0.0925. The third-order valence-electron chi connectivity index (χ3n) is 7.25. The van der Waals surface area contributed by atoms with Crippen LogP contribution in [-0.4, -0.2) is 80.3 Å². The van der Waals surface area contributed by atoms with Gasteiger partial charge in [0.25, 0.3) is 0 Å². The minimum Gasteiger partial charge on any atom is -0.450 e. The SMILES string of the molecule is CCOC(=O)N1CCN(C(=O)C2Cc3ccccc3N3CCN(c4ccc(Cl)cc4)CC23)CC1. The molecule has 180 valence electrons. The van der Waals surface area contributed by atoms with E-state index >= 15 is 0 Å². The first-order valence-electron chi connectivity index (χ1n) is 12.1. The number of para-hydroxylation sites is 1. The lowest BCUT2D eigenvalue weighted by Crippen LogP contribution is -2.62. The highest BCUT2D eigenvalue weighted by atomic mass is 35.5. The highest BCUT2D eigenvalue weighted by Crippen LogP contribution is 2.37. The van der Waals surface area contributed by atoms with Gasteiger partial charge in [-0.3, -0.25) is 4.79 Å². The van der Waals surface area contributed by atoms with Gasteiger partial charge in [0.15, 0.2) is 0 Å². The van der Waals surface area contributed by atoms with Crippen molar-refractivity contribution in [1.82, 2.24) is 9.80 Å². The number of benzene rings is 2. The molecule has 2 fully saturated rings. The molecule has 2 amide bonds. The lowest BCUT2D eigenvalue weighted by molar-refractivity contribution is -0.138. The van der Waals surface area contributed by atoms with E-state index in [1.54, 1.807) is 4.90 Å². The molecule has 3 heterocycles. The number of fused-ring (bicyclic) bond motifs is 3. The second-order valence-electron chi connectivity index (χ2n) is 9.13. The van der Waals surface area contributed by atoms with Gasteiger partial charge in [-0.1, -0.05) is 29.8 Å². The normalized spacial score (nSPS) is 22.2. The predicted molar refractivity (Wildman–Crippen MR) is 134 cm³/mol. The molecule has 34 heavy (non-hydrogen) atoms. The van der Waals surface area contributed by atoms with E-state index in [9.17, 15) is 9.59 Å². The van der Waals surface area contributed by atoms with Crippen LogP contribution in [0.15, 0.2) is 48.5 Å². The van der Waals surface area contributed by atoms with Crippen molar-refractivity contribution in [3.8, 4) is 0 Å². The molecule has 7 nitrogen and oxygen atoms in total. The molecular weight excluding hydrogens is 452 g/mol. The predicted octanol–water partition coefficient (Wildman–Crippen LogP) is 3.51. The molecule has 2 aromatic rings. The standard InChI is InChI=1S/C26H31ClN4O3/c1-2-34-26(33)29-13-11-28(12-14-29)25(32)22-17-19-5-3-4-6-23(19)31-16-15-30(18-24(22)31)21-9-7-20(27)8-10-21/h3-10,22,24H,2,11-18H2,1H3. The second-order valence-corrected chi connectivity index (χ2v) is 9.57. The van der Waals surface area contributed by atoms with Crippen LogP contribution in [-0.2, 0) is 16.0 Å². The van der Waals surface area contributed by atoms with Crippen molar-refractivity contribution in [3.63, 3.8) is 0 Å². The van der Waals surface area contributed by atoms with E-state index in [0.717, 1.165) is 36.8 Å². The van der Waals surface area contributed by atoms with Crippen LogP contribution < -0.4 is 9.80 Å². The summed E-state index contributed by atoms with van der Waals surface area (Å²) < 4.78 is 5.13.